The molecule has 1 saturated heterocycles. The summed E-state index contributed by atoms with van der Waals surface area (Å²) in [5, 5.41) is 3.36. The van der Waals surface area contributed by atoms with Crippen LogP contribution in [0.25, 0.3) is 0 Å². The van der Waals surface area contributed by atoms with Crippen LogP contribution >= 0.6 is 0 Å². The number of carbonyl (C=O) groups is 1. The van der Waals surface area contributed by atoms with Gasteiger partial charge in [0.2, 0.25) is 5.91 Å². The second-order valence-electron chi connectivity index (χ2n) is 5.31. The maximum Gasteiger partial charge on any atom is 0.222 e. The first-order chi connectivity index (χ1) is 8.19. The minimum absolute atomic E-state index is 0.332. The number of ether oxygens (including phenoxy) is 1. The van der Waals surface area contributed by atoms with E-state index in [1.54, 1.807) is 0 Å². The lowest BCUT2D eigenvalue weighted by Gasteiger charge is -2.37. The van der Waals surface area contributed by atoms with Crippen LogP contribution in [-0.2, 0) is 9.53 Å². The molecule has 4 heteroatoms. The third-order valence-electron chi connectivity index (χ3n) is 3.78. The van der Waals surface area contributed by atoms with E-state index in [4.69, 9.17) is 4.74 Å². The molecule has 0 aromatic carbocycles. The summed E-state index contributed by atoms with van der Waals surface area (Å²) in [6.07, 6.45) is 3.28. The number of hydrogen-bond donors (Lipinski definition) is 1. The van der Waals surface area contributed by atoms with Gasteiger partial charge in [0.05, 0.1) is 6.10 Å². The first-order valence-corrected chi connectivity index (χ1v) is 6.81. The number of nitrogens with one attached hydrogen (secondary N) is 1. The lowest BCUT2D eigenvalue weighted by molar-refractivity contribution is -0.135. The van der Waals surface area contributed by atoms with Crippen LogP contribution in [0.1, 0.15) is 33.1 Å². The first-order valence-electron chi connectivity index (χ1n) is 6.81. The highest BCUT2D eigenvalue weighted by Crippen LogP contribution is 2.33. The van der Waals surface area contributed by atoms with E-state index in [0.717, 1.165) is 45.5 Å². The first kappa shape index (κ1) is 12.8. The van der Waals surface area contributed by atoms with Crippen molar-refractivity contribution in [2.24, 2.45) is 5.92 Å². The summed E-state index contributed by atoms with van der Waals surface area (Å²) in [7, 11) is 0. The predicted octanol–water partition coefficient (Wildman–Crippen LogP) is 1.01. The summed E-state index contributed by atoms with van der Waals surface area (Å²) in [6, 6.07) is 0.435. The van der Waals surface area contributed by atoms with Gasteiger partial charge in [0.1, 0.15) is 0 Å². The number of rotatable bonds is 4. The average Bonchev–Trinajstić information content (AvgIpc) is 2.26. The van der Waals surface area contributed by atoms with Crippen LogP contribution in [0.15, 0.2) is 0 Å². The van der Waals surface area contributed by atoms with Crippen molar-refractivity contribution >= 4 is 5.91 Å². The van der Waals surface area contributed by atoms with E-state index in [0.29, 0.717) is 24.0 Å². The van der Waals surface area contributed by atoms with Crippen LogP contribution < -0.4 is 5.32 Å². The Kier molecular flexibility index (Phi) is 4.40. The molecule has 1 heterocycles. The number of nitrogens with zero attached hydrogens (tertiary/aromatic N) is 1. The Morgan fingerprint density at radius 2 is 2.24 bits per heavy atom. The molecule has 17 heavy (non-hydrogen) atoms. The number of hydrogen-bond acceptors (Lipinski definition) is 3. The maximum atomic E-state index is 12.1. The van der Waals surface area contributed by atoms with Crippen LogP contribution in [0, 0.1) is 5.92 Å². The van der Waals surface area contributed by atoms with Gasteiger partial charge in [-0.15, -0.1) is 0 Å². The van der Waals surface area contributed by atoms with Crippen LogP contribution in [-0.4, -0.2) is 49.2 Å². The molecular weight excluding hydrogens is 216 g/mol. The van der Waals surface area contributed by atoms with E-state index >= 15 is 0 Å². The standard InChI is InChI=1S/C13H24N2O2/c1-3-17-12-6-11(7-12)8-13(16)15-5-4-14-10(2)9-15/h10-12,14H,3-9H2,1-2H3/t10-,11?,12?/m0/s1. The van der Waals surface area contributed by atoms with Crippen molar-refractivity contribution in [3.63, 3.8) is 0 Å². The molecule has 1 atom stereocenters. The molecule has 0 aromatic heterocycles. The molecule has 4 nitrogen and oxygen atoms in total. The maximum absolute atomic E-state index is 12.1. The van der Waals surface area contributed by atoms with Crippen molar-refractivity contribution in [1.82, 2.24) is 10.2 Å². The fraction of sp³-hybridized carbons (Fsp3) is 0.923. The van der Waals surface area contributed by atoms with Gasteiger partial charge in [0, 0.05) is 38.7 Å². The molecule has 98 valence electrons. The summed E-state index contributed by atoms with van der Waals surface area (Å²) in [5.74, 6) is 0.891. The van der Waals surface area contributed by atoms with Crippen LogP contribution in [0.5, 0.6) is 0 Å². The van der Waals surface area contributed by atoms with Gasteiger partial charge in [-0.25, -0.2) is 0 Å². The van der Waals surface area contributed by atoms with Gasteiger partial charge in [-0.3, -0.25) is 4.79 Å². The Morgan fingerprint density at radius 1 is 1.47 bits per heavy atom. The zero-order valence-electron chi connectivity index (χ0n) is 10.9. The Morgan fingerprint density at radius 3 is 2.88 bits per heavy atom. The van der Waals surface area contributed by atoms with Crippen molar-refractivity contribution in [1.29, 1.82) is 0 Å². The summed E-state index contributed by atoms with van der Waals surface area (Å²) in [5.41, 5.74) is 0. The van der Waals surface area contributed by atoms with Gasteiger partial charge < -0.3 is 15.0 Å². The molecule has 0 bridgehead atoms. The summed E-state index contributed by atoms with van der Waals surface area (Å²) in [6.45, 7) is 7.61. The van der Waals surface area contributed by atoms with Gasteiger partial charge in [-0.1, -0.05) is 0 Å². The SMILES string of the molecule is CCOC1CC(CC(=O)N2CCN[C@@H](C)C2)C1. The van der Waals surface area contributed by atoms with E-state index in [1.165, 1.54) is 0 Å². The largest absolute Gasteiger partial charge is 0.378 e. The second kappa shape index (κ2) is 5.83. The lowest BCUT2D eigenvalue weighted by atomic mass is 9.79. The molecule has 0 spiro atoms. The monoisotopic (exact) mass is 240 g/mol. The smallest absolute Gasteiger partial charge is 0.222 e. The Hall–Kier alpha value is -0.610. The van der Waals surface area contributed by atoms with E-state index < -0.39 is 0 Å². The van der Waals surface area contributed by atoms with Gasteiger partial charge in [0.25, 0.3) is 0 Å². The highest BCUT2D eigenvalue weighted by molar-refractivity contribution is 5.76. The molecule has 2 aliphatic rings. The summed E-state index contributed by atoms with van der Waals surface area (Å²) < 4.78 is 5.52. The van der Waals surface area contributed by atoms with E-state index in [1.807, 2.05) is 11.8 Å². The summed E-state index contributed by atoms with van der Waals surface area (Å²) in [4.78, 5) is 14.1. The third-order valence-corrected chi connectivity index (χ3v) is 3.78. The quantitative estimate of drug-likeness (QED) is 0.797. The Labute approximate surface area is 104 Å². The molecule has 1 saturated carbocycles. The number of carbonyl (C=O) groups excluding carboxylic acids is 1. The van der Waals surface area contributed by atoms with E-state index in [-0.39, 0.29) is 0 Å². The molecule has 2 fully saturated rings. The van der Waals surface area contributed by atoms with Gasteiger partial charge in [-0.05, 0) is 32.6 Å². The fourth-order valence-electron chi connectivity index (χ4n) is 2.75. The predicted molar refractivity (Wildman–Crippen MR) is 66.8 cm³/mol. The van der Waals surface area contributed by atoms with Crippen molar-refractivity contribution < 1.29 is 9.53 Å². The molecule has 1 aliphatic heterocycles. The molecule has 1 N–H and O–H groups in total. The molecule has 0 aromatic rings. The highest BCUT2D eigenvalue weighted by Gasteiger charge is 2.32. The minimum atomic E-state index is 0.332. The number of piperazine rings is 1. The topological polar surface area (TPSA) is 41.6 Å². The van der Waals surface area contributed by atoms with Gasteiger partial charge in [-0.2, -0.15) is 0 Å². The average molecular weight is 240 g/mol. The molecular formula is C13H24N2O2. The van der Waals surface area contributed by atoms with E-state index in [2.05, 4.69) is 12.2 Å². The van der Waals surface area contributed by atoms with Crippen LogP contribution in [0.4, 0.5) is 0 Å². The lowest BCUT2D eigenvalue weighted by Crippen LogP contribution is -2.52. The van der Waals surface area contributed by atoms with Crippen molar-refractivity contribution in [2.75, 3.05) is 26.2 Å². The minimum Gasteiger partial charge on any atom is -0.378 e. The van der Waals surface area contributed by atoms with Crippen LogP contribution in [0.2, 0.25) is 0 Å². The molecule has 1 amide bonds. The molecule has 0 radical (unpaired) electrons. The van der Waals surface area contributed by atoms with E-state index in [9.17, 15) is 4.79 Å². The normalized spacial score (nSPS) is 33.3. The number of amides is 1. The highest BCUT2D eigenvalue weighted by atomic mass is 16.5. The Bertz CT molecular complexity index is 264. The molecule has 0 unspecified atom stereocenters. The third kappa shape index (κ3) is 3.42. The van der Waals surface area contributed by atoms with Gasteiger partial charge in [0.15, 0.2) is 0 Å². The second-order valence-corrected chi connectivity index (χ2v) is 5.31. The van der Waals surface area contributed by atoms with Gasteiger partial charge >= 0.3 is 0 Å². The van der Waals surface area contributed by atoms with Crippen molar-refractivity contribution in [3.8, 4) is 0 Å². The zero-order valence-corrected chi connectivity index (χ0v) is 10.9. The Balaban J connectivity index is 1.68. The molecule has 2 rings (SSSR count). The zero-order chi connectivity index (χ0) is 12.3. The molecule has 1 aliphatic carbocycles. The van der Waals surface area contributed by atoms with Crippen molar-refractivity contribution in [3.05, 3.63) is 0 Å². The summed E-state index contributed by atoms with van der Waals surface area (Å²) >= 11 is 0. The van der Waals surface area contributed by atoms with Crippen molar-refractivity contribution in [2.45, 2.75) is 45.3 Å². The van der Waals surface area contributed by atoms with Crippen LogP contribution in [0.3, 0.4) is 0 Å². The fourth-order valence-corrected chi connectivity index (χ4v) is 2.75.